The molecule has 160 valence electrons. The van der Waals surface area contributed by atoms with E-state index in [-0.39, 0.29) is 18.3 Å². The monoisotopic (exact) mass is 438 g/mol. The SMILES string of the molecule is CN1C(=O)NC(=O)C2C1N=C(SCC(=O)OCc1ccccc1)N2Cc1ccccc1. The summed E-state index contributed by atoms with van der Waals surface area (Å²) in [5, 5.41) is 2.91. The number of carbonyl (C=O) groups excluding carboxylic acids is 3. The van der Waals surface area contributed by atoms with Crippen molar-refractivity contribution in [3.63, 3.8) is 0 Å². The lowest BCUT2D eigenvalue weighted by molar-refractivity contribution is -0.141. The standard InChI is InChI=1S/C22H22N4O4S/c1-25-19-18(20(28)24-21(25)29)26(12-15-8-4-2-5-9-15)22(23-19)31-14-17(27)30-13-16-10-6-3-7-11-16/h2-11,18-19H,12-14H2,1H3,(H,24,28,29). The van der Waals surface area contributed by atoms with Crippen LogP contribution in [-0.2, 0) is 27.5 Å². The molecule has 2 unspecified atom stereocenters. The first kappa shape index (κ1) is 20.9. The van der Waals surface area contributed by atoms with Crippen molar-refractivity contribution in [1.82, 2.24) is 15.1 Å². The van der Waals surface area contributed by atoms with E-state index in [4.69, 9.17) is 4.74 Å². The van der Waals surface area contributed by atoms with Gasteiger partial charge in [0.05, 0.1) is 5.75 Å². The molecule has 31 heavy (non-hydrogen) atoms. The van der Waals surface area contributed by atoms with Crippen molar-refractivity contribution < 1.29 is 19.1 Å². The van der Waals surface area contributed by atoms with Crippen LogP contribution in [0.25, 0.3) is 0 Å². The lowest BCUT2D eigenvalue weighted by Crippen LogP contribution is -2.63. The van der Waals surface area contributed by atoms with Gasteiger partial charge in [-0.3, -0.25) is 14.9 Å². The maximum atomic E-state index is 12.6. The number of esters is 1. The maximum Gasteiger partial charge on any atom is 0.325 e. The van der Waals surface area contributed by atoms with E-state index in [1.165, 1.54) is 16.7 Å². The van der Waals surface area contributed by atoms with Gasteiger partial charge in [-0.15, -0.1) is 0 Å². The number of nitrogens with zero attached hydrogens (tertiary/aromatic N) is 3. The Labute approximate surface area is 184 Å². The van der Waals surface area contributed by atoms with Crippen molar-refractivity contribution in [1.29, 1.82) is 0 Å². The van der Waals surface area contributed by atoms with Crippen LogP contribution in [0.15, 0.2) is 65.7 Å². The Morgan fingerprint density at radius 3 is 2.39 bits per heavy atom. The molecule has 2 aromatic rings. The zero-order valence-corrected chi connectivity index (χ0v) is 17.7. The van der Waals surface area contributed by atoms with E-state index in [9.17, 15) is 14.4 Å². The summed E-state index contributed by atoms with van der Waals surface area (Å²) in [5.41, 5.74) is 1.91. The van der Waals surface area contributed by atoms with E-state index >= 15 is 0 Å². The summed E-state index contributed by atoms with van der Waals surface area (Å²) in [6, 6.07) is 18.0. The number of carbonyl (C=O) groups is 3. The molecule has 1 fully saturated rings. The third-order valence-corrected chi connectivity index (χ3v) is 6.06. The second-order valence-electron chi connectivity index (χ2n) is 7.22. The van der Waals surface area contributed by atoms with E-state index in [2.05, 4.69) is 10.3 Å². The zero-order chi connectivity index (χ0) is 21.8. The molecule has 0 spiro atoms. The van der Waals surface area contributed by atoms with E-state index in [0.29, 0.717) is 11.7 Å². The number of imide groups is 1. The van der Waals surface area contributed by atoms with Crippen LogP contribution in [0, 0.1) is 0 Å². The van der Waals surface area contributed by atoms with Crippen LogP contribution in [0.2, 0.25) is 0 Å². The Bertz CT molecular complexity index is 999. The van der Waals surface area contributed by atoms with E-state index in [1.807, 2.05) is 65.6 Å². The minimum absolute atomic E-state index is 0.0513. The Hall–Kier alpha value is -3.33. The molecule has 0 aromatic heterocycles. The van der Waals surface area contributed by atoms with Gasteiger partial charge in [-0.05, 0) is 11.1 Å². The summed E-state index contributed by atoms with van der Waals surface area (Å²) in [6.07, 6.45) is -0.632. The van der Waals surface area contributed by atoms with E-state index in [1.54, 1.807) is 7.05 Å². The number of benzene rings is 2. The second kappa shape index (κ2) is 9.22. The van der Waals surface area contributed by atoms with Crippen LogP contribution >= 0.6 is 11.8 Å². The molecule has 2 aromatic carbocycles. The molecule has 0 radical (unpaired) electrons. The number of aliphatic imine (C=N–C) groups is 1. The number of thioether (sulfide) groups is 1. The molecule has 2 heterocycles. The fourth-order valence-electron chi connectivity index (χ4n) is 3.47. The number of amidine groups is 1. The van der Waals surface area contributed by atoms with Crippen LogP contribution in [0.4, 0.5) is 4.79 Å². The highest BCUT2D eigenvalue weighted by Crippen LogP contribution is 2.30. The van der Waals surface area contributed by atoms with Gasteiger partial charge >= 0.3 is 12.0 Å². The quantitative estimate of drug-likeness (QED) is 0.696. The third-order valence-electron chi connectivity index (χ3n) is 5.08. The molecule has 0 aliphatic carbocycles. The minimum atomic E-state index is -0.647. The first-order valence-corrected chi connectivity index (χ1v) is 10.8. The predicted octanol–water partition coefficient (Wildman–Crippen LogP) is 2.21. The molecule has 1 N–H and O–H groups in total. The van der Waals surface area contributed by atoms with Gasteiger partial charge in [0.2, 0.25) is 0 Å². The van der Waals surface area contributed by atoms with Gasteiger partial charge in [-0.2, -0.15) is 0 Å². The highest BCUT2D eigenvalue weighted by molar-refractivity contribution is 8.14. The molecule has 3 amide bonds. The molecule has 1 saturated heterocycles. The lowest BCUT2D eigenvalue weighted by atomic mass is 10.1. The first-order chi connectivity index (χ1) is 15.0. The van der Waals surface area contributed by atoms with Crippen LogP contribution < -0.4 is 5.32 Å². The molecule has 2 atom stereocenters. The number of rotatable bonds is 6. The fraction of sp³-hybridized carbons (Fsp3) is 0.273. The minimum Gasteiger partial charge on any atom is -0.460 e. The Morgan fingerprint density at radius 1 is 1.06 bits per heavy atom. The number of fused-ring (bicyclic) bond motifs is 1. The third kappa shape index (κ3) is 4.72. The Morgan fingerprint density at radius 2 is 1.71 bits per heavy atom. The van der Waals surface area contributed by atoms with Crippen LogP contribution in [0.1, 0.15) is 11.1 Å². The van der Waals surface area contributed by atoms with Crippen molar-refractivity contribution in [3.8, 4) is 0 Å². The number of hydrogen-bond donors (Lipinski definition) is 1. The highest BCUT2D eigenvalue weighted by atomic mass is 32.2. The van der Waals surface area contributed by atoms with Gasteiger partial charge in [-0.25, -0.2) is 9.79 Å². The molecule has 8 nitrogen and oxygen atoms in total. The average Bonchev–Trinajstić information content (AvgIpc) is 3.15. The van der Waals surface area contributed by atoms with Crippen LogP contribution in [0.5, 0.6) is 0 Å². The summed E-state index contributed by atoms with van der Waals surface area (Å²) in [7, 11) is 1.60. The lowest BCUT2D eigenvalue weighted by Gasteiger charge is -2.36. The van der Waals surface area contributed by atoms with Crippen molar-refractivity contribution >= 4 is 34.8 Å². The Balaban J connectivity index is 1.46. The largest absolute Gasteiger partial charge is 0.460 e. The first-order valence-electron chi connectivity index (χ1n) is 9.81. The molecule has 2 aliphatic heterocycles. The van der Waals surface area contributed by atoms with Crippen molar-refractivity contribution in [2.24, 2.45) is 4.99 Å². The number of urea groups is 1. The molecule has 2 aliphatic rings. The van der Waals surface area contributed by atoms with Crippen LogP contribution in [0.3, 0.4) is 0 Å². The van der Waals surface area contributed by atoms with Crippen molar-refractivity contribution in [2.75, 3.05) is 12.8 Å². The number of nitrogens with one attached hydrogen (secondary N) is 1. The summed E-state index contributed by atoms with van der Waals surface area (Å²) in [5.74, 6) is -0.717. The summed E-state index contributed by atoms with van der Waals surface area (Å²) >= 11 is 1.21. The number of likely N-dealkylation sites (N-methyl/N-ethyl adjacent to an activating group) is 1. The molecule has 0 saturated carbocycles. The topological polar surface area (TPSA) is 91.3 Å². The van der Waals surface area contributed by atoms with Gasteiger partial charge < -0.3 is 14.5 Å². The van der Waals surface area contributed by atoms with Gasteiger partial charge in [0.15, 0.2) is 17.4 Å². The molecule has 9 heteroatoms. The van der Waals surface area contributed by atoms with Crippen molar-refractivity contribution in [3.05, 3.63) is 71.8 Å². The summed E-state index contributed by atoms with van der Waals surface area (Å²) in [4.78, 5) is 44.8. The second-order valence-corrected chi connectivity index (χ2v) is 8.17. The number of amides is 3. The van der Waals surface area contributed by atoms with Gasteiger partial charge in [0, 0.05) is 13.6 Å². The maximum absolute atomic E-state index is 12.6. The van der Waals surface area contributed by atoms with E-state index in [0.717, 1.165) is 11.1 Å². The normalized spacial score (nSPS) is 20.2. The molecule has 4 rings (SSSR count). The highest BCUT2D eigenvalue weighted by Gasteiger charge is 2.48. The number of hydrogen-bond acceptors (Lipinski definition) is 7. The van der Waals surface area contributed by atoms with Crippen molar-refractivity contribution in [2.45, 2.75) is 25.4 Å². The molecule has 0 bridgehead atoms. The molecular formula is C22H22N4O4S. The van der Waals surface area contributed by atoms with Gasteiger partial charge in [0.25, 0.3) is 5.91 Å². The Kier molecular flexibility index (Phi) is 6.22. The fourth-order valence-corrected chi connectivity index (χ4v) is 4.33. The smallest absolute Gasteiger partial charge is 0.325 e. The van der Waals surface area contributed by atoms with E-state index < -0.39 is 24.1 Å². The average molecular weight is 439 g/mol. The predicted molar refractivity (Wildman–Crippen MR) is 117 cm³/mol. The summed E-state index contributed by atoms with van der Waals surface area (Å²) in [6.45, 7) is 0.633. The van der Waals surface area contributed by atoms with Gasteiger partial charge in [-0.1, -0.05) is 72.4 Å². The summed E-state index contributed by atoms with van der Waals surface area (Å²) < 4.78 is 5.34. The zero-order valence-electron chi connectivity index (χ0n) is 16.9. The molecular weight excluding hydrogens is 416 g/mol. The van der Waals surface area contributed by atoms with Gasteiger partial charge in [0.1, 0.15) is 6.61 Å². The van der Waals surface area contributed by atoms with Crippen LogP contribution in [-0.4, -0.2) is 57.9 Å². The number of ether oxygens (including phenoxy) is 1.